The van der Waals surface area contributed by atoms with Gasteiger partial charge in [-0.05, 0) is 44.7 Å². The van der Waals surface area contributed by atoms with Crippen LogP contribution in [-0.4, -0.2) is 18.3 Å². The van der Waals surface area contributed by atoms with Crippen LogP contribution in [0.4, 0.5) is 0 Å². The summed E-state index contributed by atoms with van der Waals surface area (Å²) >= 11 is 0. The largest absolute Gasteiger partial charge is 0.491 e. The number of aliphatic hydroxyl groups is 1. The van der Waals surface area contributed by atoms with Gasteiger partial charge < -0.3 is 9.84 Å². The minimum Gasteiger partial charge on any atom is -0.491 e. The van der Waals surface area contributed by atoms with Crippen molar-refractivity contribution in [3.8, 4) is 16.9 Å². The third-order valence-electron chi connectivity index (χ3n) is 5.03. The van der Waals surface area contributed by atoms with E-state index in [1.807, 2.05) is 6.07 Å². The van der Waals surface area contributed by atoms with E-state index < -0.39 is 0 Å². The fourth-order valence-corrected chi connectivity index (χ4v) is 3.77. The summed E-state index contributed by atoms with van der Waals surface area (Å²) < 4.78 is 5.92. The number of hydrogen-bond acceptors (Lipinski definition) is 2. The molecule has 3 aromatic carbocycles. The molecule has 2 heteroatoms. The lowest BCUT2D eigenvalue weighted by Gasteiger charge is -2.23. The van der Waals surface area contributed by atoms with Gasteiger partial charge in [-0.3, -0.25) is 0 Å². The maximum absolute atomic E-state index is 9.23. The molecule has 0 fully saturated rings. The summed E-state index contributed by atoms with van der Waals surface area (Å²) in [6.07, 6.45) is 5.76. The molecule has 1 aliphatic carbocycles. The molecule has 0 atom stereocenters. The van der Waals surface area contributed by atoms with Gasteiger partial charge in [-0.1, -0.05) is 74.5 Å². The van der Waals surface area contributed by atoms with Gasteiger partial charge in [0.2, 0.25) is 0 Å². The third kappa shape index (κ3) is 3.02. The van der Waals surface area contributed by atoms with Crippen LogP contribution in [0.3, 0.4) is 0 Å². The number of rotatable bonds is 4. The van der Waals surface area contributed by atoms with Crippen molar-refractivity contribution in [1.29, 1.82) is 0 Å². The van der Waals surface area contributed by atoms with Crippen molar-refractivity contribution in [2.24, 2.45) is 5.41 Å². The molecule has 0 aliphatic heterocycles. The van der Waals surface area contributed by atoms with Crippen molar-refractivity contribution in [2.45, 2.75) is 20.3 Å². The average Bonchev–Trinajstić information content (AvgIpc) is 2.65. The van der Waals surface area contributed by atoms with Crippen molar-refractivity contribution < 1.29 is 9.84 Å². The van der Waals surface area contributed by atoms with Crippen LogP contribution in [0.5, 0.6) is 5.75 Å². The minimum atomic E-state index is 0.00605. The molecule has 0 saturated carbocycles. The summed E-state index contributed by atoms with van der Waals surface area (Å²) in [4.78, 5) is 0. The second-order valence-corrected chi connectivity index (χ2v) is 7.58. The molecule has 0 aromatic heterocycles. The quantitative estimate of drug-likeness (QED) is 0.778. The zero-order valence-corrected chi connectivity index (χ0v) is 15.3. The van der Waals surface area contributed by atoms with E-state index in [-0.39, 0.29) is 12.0 Å². The Morgan fingerprint density at radius 3 is 2.69 bits per heavy atom. The van der Waals surface area contributed by atoms with Crippen molar-refractivity contribution in [2.75, 3.05) is 13.2 Å². The minimum absolute atomic E-state index is 0.00605. The summed E-state index contributed by atoms with van der Waals surface area (Å²) in [7, 11) is 0. The lowest BCUT2D eigenvalue weighted by atomic mass is 9.82. The Morgan fingerprint density at radius 2 is 1.85 bits per heavy atom. The van der Waals surface area contributed by atoms with Crippen molar-refractivity contribution >= 4 is 22.9 Å². The molecule has 0 bridgehead atoms. The molecule has 0 unspecified atom stereocenters. The highest BCUT2D eigenvalue weighted by atomic mass is 16.5. The Balaban J connectivity index is 2.07. The molecule has 0 saturated heterocycles. The topological polar surface area (TPSA) is 29.5 Å². The molecule has 1 aliphatic rings. The smallest absolute Gasteiger partial charge is 0.127 e. The predicted octanol–water partition coefficient (Wildman–Crippen LogP) is 3.87. The van der Waals surface area contributed by atoms with Gasteiger partial charge in [-0.15, -0.1) is 0 Å². The zero-order valence-electron chi connectivity index (χ0n) is 15.3. The highest BCUT2D eigenvalue weighted by molar-refractivity contribution is 6.00. The number of ether oxygens (including phenoxy) is 1. The molecule has 132 valence electrons. The molecule has 2 nitrogen and oxygen atoms in total. The average molecular weight is 344 g/mol. The van der Waals surface area contributed by atoms with Crippen LogP contribution in [0.1, 0.15) is 20.3 Å². The number of benzene rings is 3. The highest BCUT2D eigenvalue weighted by Gasteiger charge is 2.19. The third-order valence-corrected chi connectivity index (χ3v) is 5.03. The lowest BCUT2D eigenvalue weighted by molar-refractivity contribution is 0.202. The van der Waals surface area contributed by atoms with E-state index in [1.165, 1.54) is 26.8 Å². The maximum atomic E-state index is 9.23. The number of hydrogen-bond donors (Lipinski definition) is 1. The van der Waals surface area contributed by atoms with Crippen LogP contribution in [0.15, 0.2) is 54.6 Å². The second kappa shape index (κ2) is 6.62. The van der Waals surface area contributed by atoms with Crippen LogP contribution in [-0.2, 0) is 0 Å². The first-order valence-electron chi connectivity index (χ1n) is 9.17. The van der Waals surface area contributed by atoms with Crippen molar-refractivity contribution in [1.82, 2.24) is 0 Å². The molecule has 0 heterocycles. The van der Waals surface area contributed by atoms with Crippen molar-refractivity contribution in [3.05, 3.63) is 65.0 Å². The van der Waals surface area contributed by atoms with Crippen LogP contribution in [0.25, 0.3) is 34.1 Å². The maximum Gasteiger partial charge on any atom is 0.127 e. The normalized spacial score (nSPS) is 15.0. The van der Waals surface area contributed by atoms with Gasteiger partial charge in [0.15, 0.2) is 0 Å². The lowest BCUT2D eigenvalue weighted by Crippen LogP contribution is -2.33. The van der Waals surface area contributed by atoms with E-state index >= 15 is 0 Å². The van der Waals surface area contributed by atoms with Crippen LogP contribution in [0.2, 0.25) is 0 Å². The molecule has 1 N–H and O–H groups in total. The fourth-order valence-electron chi connectivity index (χ4n) is 3.77. The molecule has 26 heavy (non-hydrogen) atoms. The van der Waals surface area contributed by atoms with Gasteiger partial charge in [0.05, 0.1) is 6.61 Å². The second-order valence-electron chi connectivity index (χ2n) is 7.58. The molecule has 0 spiro atoms. The van der Waals surface area contributed by atoms with Gasteiger partial charge in [0, 0.05) is 5.56 Å². The van der Waals surface area contributed by atoms with Crippen LogP contribution < -0.4 is 15.2 Å². The van der Waals surface area contributed by atoms with Gasteiger partial charge in [-0.25, -0.2) is 0 Å². The van der Waals surface area contributed by atoms with Gasteiger partial charge >= 0.3 is 0 Å². The summed E-state index contributed by atoms with van der Waals surface area (Å²) in [5.41, 5.74) is 2.44. The van der Waals surface area contributed by atoms with E-state index in [9.17, 15) is 5.11 Å². The summed E-state index contributed by atoms with van der Waals surface area (Å²) in [6, 6.07) is 19.0. The monoisotopic (exact) mass is 344 g/mol. The van der Waals surface area contributed by atoms with Crippen LogP contribution >= 0.6 is 0 Å². The molecule has 0 amide bonds. The predicted molar refractivity (Wildman–Crippen MR) is 109 cm³/mol. The Labute approximate surface area is 154 Å². The highest BCUT2D eigenvalue weighted by Crippen LogP contribution is 2.36. The molecule has 4 rings (SSSR count). The number of fused-ring (bicyclic) bond motifs is 2. The Morgan fingerprint density at radius 1 is 1.00 bits per heavy atom. The molecular weight excluding hydrogens is 320 g/mol. The summed E-state index contributed by atoms with van der Waals surface area (Å²) in [6.45, 7) is 4.85. The van der Waals surface area contributed by atoms with Gasteiger partial charge in [0.1, 0.15) is 12.4 Å². The van der Waals surface area contributed by atoms with Crippen molar-refractivity contribution in [3.63, 3.8) is 0 Å². The fraction of sp³-hybridized carbons (Fsp3) is 0.250. The SMILES string of the molecule is CC1(C)C=c2c(-c3c(OCCO)ccc4ccccc34)cccc2=CC1. The standard InChI is InChI=1S/C24H24O2/c1-24(2)13-12-18-7-5-9-20(21(18)16-24)23-19-8-4-3-6-17(19)10-11-22(23)26-15-14-25/h3-12,16,25H,13-15H2,1-2H3. The molecule has 3 aromatic rings. The first kappa shape index (κ1) is 16.9. The van der Waals surface area contributed by atoms with E-state index in [0.29, 0.717) is 6.61 Å². The first-order chi connectivity index (χ1) is 12.6. The molecule has 0 radical (unpaired) electrons. The zero-order chi connectivity index (χ0) is 18.1. The van der Waals surface area contributed by atoms with Crippen LogP contribution in [0, 0.1) is 5.41 Å². The summed E-state index contributed by atoms with van der Waals surface area (Å²) in [5, 5.41) is 14.1. The van der Waals surface area contributed by atoms with Gasteiger partial charge in [0.25, 0.3) is 0 Å². The summed E-state index contributed by atoms with van der Waals surface area (Å²) in [5.74, 6) is 0.822. The van der Waals surface area contributed by atoms with Gasteiger partial charge in [-0.2, -0.15) is 0 Å². The Bertz CT molecular complexity index is 1080. The Hall–Kier alpha value is -2.58. The van der Waals surface area contributed by atoms with E-state index in [2.05, 4.69) is 74.5 Å². The van der Waals surface area contributed by atoms with E-state index in [4.69, 9.17) is 4.74 Å². The molecular formula is C24H24O2. The van der Waals surface area contributed by atoms with E-state index in [1.54, 1.807) is 0 Å². The first-order valence-corrected chi connectivity index (χ1v) is 9.17. The Kier molecular flexibility index (Phi) is 4.29. The van der Waals surface area contributed by atoms with E-state index in [0.717, 1.165) is 17.7 Å². The number of aliphatic hydroxyl groups excluding tert-OH is 1.